The number of methoxy groups -OCH3 is 1. The van der Waals surface area contributed by atoms with Crippen LogP contribution in [0.5, 0.6) is 5.75 Å². The fraction of sp³-hybridized carbons (Fsp3) is 0.333. The molecule has 2 aromatic carbocycles. The molecule has 0 saturated carbocycles. The molecule has 0 aliphatic carbocycles. The Labute approximate surface area is 169 Å². The summed E-state index contributed by atoms with van der Waals surface area (Å²) in [4.78, 5) is -0.259. The third-order valence-electron chi connectivity index (χ3n) is 4.43. The normalized spacial score (nSPS) is 15.8. The molecule has 0 radical (unpaired) electrons. The van der Waals surface area contributed by atoms with E-state index in [1.807, 2.05) is 0 Å². The Morgan fingerprint density at radius 3 is 2.34 bits per heavy atom. The van der Waals surface area contributed by atoms with Crippen LogP contribution in [0.3, 0.4) is 0 Å². The lowest BCUT2D eigenvalue weighted by molar-refractivity contribution is 0.0729. The van der Waals surface area contributed by atoms with Gasteiger partial charge in [0.2, 0.25) is 10.0 Å². The number of hydrogen-bond acceptors (Lipinski definition) is 6. The number of rotatable bonds is 6. The molecule has 11 heteroatoms. The van der Waals surface area contributed by atoms with Gasteiger partial charge in [0.15, 0.2) is 0 Å². The van der Waals surface area contributed by atoms with Gasteiger partial charge in [-0.15, -0.1) is 0 Å². The van der Waals surface area contributed by atoms with Crippen LogP contribution >= 0.6 is 0 Å². The second-order valence-electron chi connectivity index (χ2n) is 6.40. The monoisotopic (exact) mass is 444 g/mol. The van der Waals surface area contributed by atoms with Gasteiger partial charge in [-0.25, -0.2) is 21.2 Å². The van der Waals surface area contributed by atoms with Crippen LogP contribution in [-0.2, 0) is 24.8 Å². The van der Waals surface area contributed by atoms with Crippen LogP contribution in [-0.4, -0.2) is 54.6 Å². The van der Waals surface area contributed by atoms with Crippen molar-refractivity contribution in [2.45, 2.75) is 16.7 Å². The fourth-order valence-electron chi connectivity index (χ4n) is 2.99. The Kier molecular flexibility index (Phi) is 6.13. The molecule has 0 amide bonds. The van der Waals surface area contributed by atoms with E-state index in [-0.39, 0.29) is 53.1 Å². The van der Waals surface area contributed by atoms with Crippen LogP contribution in [0.2, 0.25) is 0 Å². The summed E-state index contributed by atoms with van der Waals surface area (Å²) in [5.41, 5.74) is 0.272. The highest BCUT2D eigenvalue weighted by Crippen LogP contribution is 2.31. The lowest BCUT2D eigenvalue weighted by Gasteiger charge is -2.26. The van der Waals surface area contributed by atoms with Crippen molar-refractivity contribution in [1.82, 2.24) is 4.31 Å². The van der Waals surface area contributed by atoms with Crippen LogP contribution in [0.15, 0.2) is 46.2 Å². The number of nitrogens with zero attached hydrogens (tertiary/aromatic N) is 1. The van der Waals surface area contributed by atoms with Crippen LogP contribution in [0, 0.1) is 12.7 Å². The smallest absolute Gasteiger partial charge is 0.262 e. The number of anilines is 1. The van der Waals surface area contributed by atoms with Crippen molar-refractivity contribution in [2.75, 3.05) is 38.1 Å². The van der Waals surface area contributed by atoms with Gasteiger partial charge in [-0.3, -0.25) is 4.72 Å². The molecule has 1 aliphatic heterocycles. The van der Waals surface area contributed by atoms with Crippen molar-refractivity contribution in [3.8, 4) is 5.75 Å². The highest BCUT2D eigenvalue weighted by Gasteiger charge is 2.30. The quantitative estimate of drug-likeness (QED) is 0.731. The number of ether oxygens (including phenoxy) is 2. The number of nitrogens with one attached hydrogen (secondary N) is 1. The second kappa shape index (κ2) is 8.27. The predicted octanol–water partition coefficient (Wildman–Crippen LogP) is 1.96. The van der Waals surface area contributed by atoms with Crippen LogP contribution in [0.1, 0.15) is 5.56 Å². The van der Waals surface area contributed by atoms with E-state index < -0.39 is 25.9 Å². The van der Waals surface area contributed by atoms with E-state index in [1.165, 1.54) is 36.5 Å². The van der Waals surface area contributed by atoms with Gasteiger partial charge in [0.25, 0.3) is 10.0 Å². The molecule has 0 unspecified atom stereocenters. The van der Waals surface area contributed by atoms with Gasteiger partial charge in [0, 0.05) is 13.1 Å². The first-order valence-electron chi connectivity index (χ1n) is 8.70. The van der Waals surface area contributed by atoms with E-state index in [4.69, 9.17) is 9.47 Å². The van der Waals surface area contributed by atoms with Crippen molar-refractivity contribution < 1.29 is 30.7 Å². The predicted molar refractivity (Wildman–Crippen MR) is 105 cm³/mol. The lowest BCUT2D eigenvalue weighted by atomic mass is 10.2. The van der Waals surface area contributed by atoms with Crippen LogP contribution in [0.4, 0.5) is 10.1 Å². The average molecular weight is 445 g/mol. The Hall–Kier alpha value is -2.21. The third-order valence-corrected chi connectivity index (χ3v) is 7.89. The van der Waals surface area contributed by atoms with Crippen LogP contribution < -0.4 is 9.46 Å². The fourth-order valence-corrected chi connectivity index (χ4v) is 5.86. The van der Waals surface area contributed by atoms with Gasteiger partial charge in [-0.2, -0.15) is 4.31 Å². The molecular formula is C18H21FN2O6S2. The first kappa shape index (κ1) is 21.5. The summed E-state index contributed by atoms with van der Waals surface area (Å²) < 4.78 is 78.7. The third kappa shape index (κ3) is 4.53. The molecule has 1 heterocycles. The van der Waals surface area contributed by atoms with E-state index >= 15 is 0 Å². The average Bonchev–Trinajstić information content (AvgIpc) is 2.68. The molecule has 1 fully saturated rings. The molecule has 29 heavy (non-hydrogen) atoms. The van der Waals surface area contributed by atoms with Crippen molar-refractivity contribution in [2.24, 2.45) is 0 Å². The van der Waals surface area contributed by atoms with Gasteiger partial charge < -0.3 is 9.47 Å². The van der Waals surface area contributed by atoms with E-state index in [1.54, 1.807) is 0 Å². The number of morpholine rings is 1. The molecule has 1 saturated heterocycles. The molecule has 0 atom stereocenters. The standard InChI is InChI=1S/C18H21FN2O6S2/c1-13-11-14(19)3-6-17(13)28(22,23)20-15-4-5-16(26-2)18(12-15)29(24,25)21-7-9-27-10-8-21/h3-6,11-12,20H,7-10H2,1-2H3. The Morgan fingerprint density at radius 1 is 1.03 bits per heavy atom. The molecule has 8 nitrogen and oxygen atoms in total. The SMILES string of the molecule is COc1ccc(NS(=O)(=O)c2ccc(F)cc2C)cc1S(=O)(=O)N1CCOCC1. The van der Waals surface area contributed by atoms with E-state index in [2.05, 4.69) is 4.72 Å². The minimum Gasteiger partial charge on any atom is -0.495 e. The van der Waals surface area contributed by atoms with E-state index in [0.717, 1.165) is 18.2 Å². The highest BCUT2D eigenvalue weighted by atomic mass is 32.2. The van der Waals surface area contributed by atoms with Crippen molar-refractivity contribution in [3.05, 3.63) is 47.8 Å². The number of halogens is 1. The number of aryl methyl sites for hydroxylation is 1. The van der Waals surface area contributed by atoms with Gasteiger partial charge in [0.1, 0.15) is 16.5 Å². The minimum atomic E-state index is -4.05. The lowest BCUT2D eigenvalue weighted by Crippen LogP contribution is -2.40. The summed E-state index contributed by atoms with van der Waals surface area (Å²) in [6, 6.07) is 7.29. The van der Waals surface area contributed by atoms with E-state index in [0.29, 0.717) is 0 Å². The molecule has 0 spiro atoms. The largest absolute Gasteiger partial charge is 0.495 e. The Bertz CT molecular complexity index is 1110. The summed E-state index contributed by atoms with van der Waals surface area (Å²) >= 11 is 0. The minimum absolute atomic E-state index is 0.0429. The molecule has 0 bridgehead atoms. The van der Waals surface area contributed by atoms with Crippen molar-refractivity contribution >= 4 is 25.7 Å². The number of sulfonamides is 2. The topological polar surface area (TPSA) is 102 Å². The van der Waals surface area contributed by atoms with Crippen molar-refractivity contribution in [1.29, 1.82) is 0 Å². The first-order chi connectivity index (χ1) is 13.6. The zero-order valence-corrected chi connectivity index (χ0v) is 17.5. The maximum Gasteiger partial charge on any atom is 0.262 e. The molecule has 158 valence electrons. The first-order valence-corrected chi connectivity index (χ1v) is 11.6. The van der Waals surface area contributed by atoms with Gasteiger partial charge in [0.05, 0.1) is 30.9 Å². The summed E-state index contributed by atoms with van der Waals surface area (Å²) in [6.07, 6.45) is 0. The molecule has 1 aliphatic rings. The van der Waals surface area contributed by atoms with Gasteiger partial charge >= 0.3 is 0 Å². The Morgan fingerprint density at radius 2 is 1.72 bits per heavy atom. The zero-order chi connectivity index (χ0) is 21.2. The molecule has 3 rings (SSSR count). The summed E-state index contributed by atoms with van der Waals surface area (Å²) in [5.74, 6) is -0.456. The number of hydrogen-bond donors (Lipinski definition) is 1. The summed E-state index contributed by atoms with van der Waals surface area (Å²) in [6.45, 7) is 2.40. The maximum atomic E-state index is 13.3. The Balaban J connectivity index is 1.98. The maximum absolute atomic E-state index is 13.3. The molecule has 2 aromatic rings. The van der Waals surface area contributed by atoms with Crippen LogP contribution in [0.25, 0.3) is 0 Å². The molecule has 1 N–H and O–H groups in total. The van der Waals surface area contributed by atoms with Crippen molar-refractivity contribution in [3.63, 3.8) is 0 Å². The highest BCUT2D eigenvalue weighted by molar-refractivity contribution is 7.92. The van der Waals surface area contributed by atoms with Gasteiger partial charge in [-0.05, 0) is 48.9 Å². The second-order valence-corrected chi connectivity index (χ2v) is 9.95. The zero-order valence-electron chi connectivity index (χ0n) is 15.9. The summed E-state index contributed by atoms with van der Waals surface area (Å²) in [7, 11) is -6.64. The summed E-state index contributed by atoms with van der Waals surface area (Å²) in [5, 5.41) is 0. The molecule has 0 aromatic heterocycles. The van der Waals surface area contributed by atoms with E-state index in [9.17, 15) is 21.2 Å². The number of benzene rings is 2. The molecular weight excluding hydrogens is 423 g/mol. The van der Waals surface area contributed by atoms with Gasteiger partial charge in [-0.1, -0.05) is 0 Å².